The lowest BCUT2D eigenvalue weighted by atomic mass is 9.80. The molecule has 170 valence electrons. The summed E-state index contributed by atoms with van der Waals surface area (Å²) in [4.78, 5) is 16.7. The third kappa shape index (κ3) is 4.06. The van der Waals surface area contributed by atoms with Crippen LogP contribution in [0.25, 0.3) is 10.9 Å². The Hall–Kier alpha value is -3.03. The molecular weight excluding hydrogens is 408 g/mol. The number of phenolic OH excluding ortho intramolecular Hbond substituents is 1. The molecule has 2 unspecified atom stereocenters. The molecule has 3 N–H and O–H groups in total. The van der Waals surface area contributed by atoms with Crippen LogP contribution in [-0.2, 0) is 20.7 Å². The summed E-state index contributed by atoms with van der Waals surface area (Å²) in [5.41, 5.74) is 3.00. The molecule has 0 amide bonds. The summed E-state index contributed by atoms with van der Waals surface area (Å²) in [5, 5.41) is 14.7. The minimum atomic E-state index is -0.874. The molecule has 2 heterocycles. The van der Waals surface area contributed by atoms with Crippen molar-refractivity contribution >= 4 is 16.9 Å². The molecule has 1 aliphatic rings. The van der Waals surface area contributed by atoms with Crippen molar-refractivity contribution in [2.24, 2.45) is 0 Å². The van der Waals surface area contributed by atoms with Gasteiger partial charge in [-0.3, -0.25) is 10.1 Å². The summed E-state index contributed by atoms with van der Waals surface area (Å²) < 4.78 is 16.4. The van der Waals surface area contributed by atoms with Gasteiger partial charge in [0.05, 0.1) is 19.3 Å². The number of hydrogen-bond acceptors (Lipinski definition) is 6. The van der Waals surface area contributed by atoms with Crippen molar-refractivity contribution in [1.29, 1.82) is 0 Å². The second-order valence-electron chi connectivity index (χ2n) is 8.07. The number of methoxy groups -OCH3 is 1. The third-order valence-corrected chi connectivity index (χ3v) is 6.13. The molecule has 3 aromatic rings. The summed E-state index contributed by atoms with van der Waals surface area (Å²) >= 11 is 0. The number of nitrogens with one attached hydrogen (secondary N) is 2. The van der Waals surface area contributed by atoms with Crippen molar-refractivity contribution in [3.05, 3.63) is 59.3 Å². The van der Waals surface area contributed by atoms with E-state index in [2.05, 4.69) is 10.3 Å². The molecule has 0 radical (unpaired) electrons. The SMILES string of the molecule is CCOC(=O)C1(CC)Cc2c([nH]c3ccc(OCCOC)cc23)C(c2cccc(O)c2)N1. The van der Waals surface area contributed by atoms with Crippen molar-refractivity contribution < 1.29 is 24.1 Å². The quantitative estimate of drug-likeness (QED) is 0.366. The van der Waals surface area contributed by atoms with E-state index < -0.39 is 5.54 Å². The average Bonchev–Trinajstić information content (AvgIpc) is 3.16. The lowest BCUT2D eigenvalue weighted by Crippen LogP contribution is -2.58. The van der Waals surface area contributed by atoms with E-state index in [1.165, 1.54) is 0 Å². The van der Waals surface area contributed by atoms with Crippen molar-refractivity contribution in [3.8, 4) is 11.5 Å². The predicted octanol–water partition coefficient (Wildman–Crippen LogP) is 3.85. The van der Waals surface area contributed by atoms with Gasteiger partial charge in [-0.2, -0.15) is 0 Å². The zero-order chi connectivity index (χ0) is 22.7. The topological polar surface area (TPSA) is 92.8 Å². The maximum atomic E-state index is 13.1. The largest absolute Gasteiger partial charge is 0.508 e. The third-order valence-electron chi connectivity index (χ3n) is 6.13. The minimum Gasteiger partial charge on any atom is -0.508 e. The van der Waals surface area contributed by atoms with Crippen molar-refractivity contribution in [3.63, 3.8) is 0 Å². The number of aromatic amines is 1. The zero-order valence-electron chi connectivity index (χ0n) is 18.7. The Labute approximate surface area is 187 Å². The van der Waals surface area contributed by atoms with Crippen LogP contribution < -0.4 is 10.1 Å². The number of benzene rings is 2. The summed E-state index contributed by atoms with van der Waals surface area (Å²) in [6.45, 7) is 5.09. The maximum Gasteiger partial charge on any atom is 0.326 e. The number of aromatic hydroxyl groups is 1. The van der Waals surface area contributed by atoms with E-state index in [4.69, 9.17) is 14.2 Å². The summed E-state index contributed by atoms with van der Waals surface area (Å²) in [7, 11) is 1.64. The molecule has 4 rings (SSSR count). The predicted molar refractivity (Wildman–Crippen MR) is 122 cm³/mol. The monoisotopic (exact) mass is 438 g/mol. The Balaban J connectivity index is 1.84. The molecule has 0 spiro atoms. The van der Waals surface area contributed by atoms with E-state index in [9.17, 15) is 9.90 Å². The maximum absolute atomic E-state index is 13.1. The summed E-state index contributed by atoms with van der Waals surface area (Å²) in [5.74, 6) is 0.668. The first-order chi connectivity index (χ1) is 15.5. The van der Waals surface area contributed by atoms with Gasteiger partial charge >= 0.3 is 5.97 Å². The highest BCUT2D eigenvalue weighted by molar-refractivity contribution is 5.90. The van der Waals surface area contributed by atoms with Gasteiger partial charge in [0.1, 0.15) is 23.6 Å². The molecule has 2 atom stereocenters. The Morgan fingerprint density at radius 2 is 2.03 bits per heavy atom. The highest BCUT2D eigenvalue weighted by Gasteiger charge is 2.46. The van der Waals surface area contributed by atoms with E-state index in [-0.39, 0.29) is 17.8 Å². The number of carbonyl (C=O) groups is 1. The molecule has 0 aliphatic carbocycles. The standard InChI is InChI=1S/C25H30N2O5/c1-4-25(24(29)31-5-2)15-20-19-14-18(32-12-11-30-3)9-10-21(19)26-23(20)22(27-25)16-7-6-8-17(28)13-16/h6-10,13-14,22,26-28H,4-5,11-12,15H2,1-3H3. The normalized spacial score (nSPS) is 20.2. The van der Waals surface area contributed by atoms with E-state index in [0.717, 1.165) is 33.5 Å². The Bertz CT molecular complexity index is 1110. The van der Waals surface area contributed by atoms with E-state index >= 15 is 0 Å². The molecule has 0 saturated heterocycles. The molecule has 2 aromatic carbocycles. The Morgan fingerprint density at radius 1 is 1.19 bits per heavy atom. The van der Waals surface area contributed by atoms with Gasteiger partial charge < -0.3 is 24.3 Å². The van der Waals surface area contributed by atoms with Gasteiger partial charge in [0, 0.05) is 30.1 Å². The van der Waals surface area contributed by atoms with Crippen LogP contribution >= 0.6 is 0 Å². The fourth-order valence-electron chi connectivity index (χ4n) is 4.44. The highest BCUT2D eigenvalue weighted by atomic mass is 16.5. The fraction of sp³-hybridized carbons (Fsp3) is 0.400. The van der Waals surface area contributed by atoms with Gasteiger partial charge in [-0.05, 0) is 54.8 Å². The molecule has 1 aliphatic heterocycles. The number of aromatic nitrogens is 1. The van der Waals surface area contributed by atoms with Gasteiger partial charge in [-0.15, -0.1) is 0 Å². The van der Waals surface area contributed by atoms with E-state index in [1.807, 2.05) is 44.2 Å². The molecule has 7 nitrogen and oxygen atoms in total. The number of hydrogen-bond donors (Lipinski definition) is 3. The second-order valence-corrected chi connectivity index (χ2v) is 8.07. The number of rotatable bonds is 8. The first-order valence-electron chi connectivity index (χ1n) is 11.0. The van der Waals surface area contributed by atoms with Gasteiger partial charge in [-0.1, -0.05) is 19.1 Å². The van der Waals surface area contributed by atoms with E-state index in [0.29, 0.717) is 32.7 Å². The number of fused-ring (bicyclic) bond motifs is 3. The van der Waals surface area contributed by atoms with Gasteiger partial charge in [0.15, 0.2) is 0 Å². The number of esters is 1. The second kappa shape index (κ2) is 9.22. The molecule has 0 saturated carbocycles. The fourth-order valence-corrected chi connectivity index (χ4v) is 4.44. The number of phenols is 1. The average molecular weight is 439 g/mol. The molecule has 0 fully saturated rings. The Morgan fingerprint density at radius 3 is 2.75 bits per heavy atom. The van der Waals surface area contributed by atoms with Gasteiger partial charge in [0.2, 0.25) is 0 Å². The Kier molecular flexibility index (Phi) is 6.39. The molecule has 0 bridgehead atoms. The first-order valence-corrected chi connectivity index (χ1v) is 11.0. The van der Waals surface area contributed by atoms with Crippen LogP contribution in [0.15, 0.2) is 42.5 Å². The smallest absolute Gasteiger partial charge is 0.326 e. The van der Waals surface area contributed by atoms with Crippen molar-refractivity contribution in [1.82, 2.24) is 10.3 Å². The molecule has 1 aromatic heterocycles. The number of carbonyl (C=O) groups excluding carboxylic acids is 1. The van der Waals surface area contributed by atoms with Crippen molar-refractivity contribution in [2.45, 2.75) is 38.3 Å². The molecular formula is C25H30N2O5. The summed E-state index contributed by atoms with van der Waals surface area (Å²) in [6.07, 6.45) is 1.06. The number of ether oxygens (including phenoxy) is 3. The van der Waals surface area contributed by atoms with Crippen LogP contribution in [0.3, 0.4) is 0 Å². The van der Waals surface area contributed by atoms with E-state index in [1.54, 1.807) is 19.2 Å². The van der Waals surface area contributed by atoms with Gasteiger partial charge in [-0.25, -0.2) is 0 Å². The zero-order valence-corrected chi connectivity index (χ0v) is 18.7. The lowest BCUT2D eigenvalue weighted by Gasteiger charge is -2.40. The van der Waals surface area contributed by atoms with Crippen LogP contribution in [0.5, 0.6) is 11.5 Å². The summed E-state index contributed by atoms with van der Waals surface area (Å²) in [6, 6.07) is 12.7. The lowest BCUT2D eigenvalue weighted by molar-refractivity contribution is -0.152. The van der Waals surface area contributed by atoms with Gasteiger partial charge in [0.25, 0.3) is 0 Å². The van der Waals surface area contributed by atoms with Crippen molar-refractivity contribution in [2.75, 3.05) is 26.9 Å². The van der Waals surface area contributed by atoms with Crippen LogP contribution in [0.1, 0.15) is 43.1 Å². The molecule has 32 heavy (non-hydrogen) atoms. The van der Waals surface area contributed by atoms with Crippen LogP contribution in [0.4, 0.5) is 0 Å². The van der Waals surface area contributed by atoms with Crippen LogP contribution in [0.2, 0.25) is 0 Å². The van der Waals surface area contributed by atoms with Crippen LogP contribution in [-0.4, -0.2) is 48.5 Å². The van der Waals surface area contributed by atoms with Crippen LogP contribution in [0, 0.1) is 0 Å². The highest BCUT2D eigenvalue weighted by Crippen LogP contribution is 2.41. The first kappa shape index (κ1) is 22.2. The molecule has 7 heteroatoms. The number of H-pyrrole nitrogens is 1. The minimum absolute atomic E-state index is 0.180.